The molecule has 0 bridgehead atoms. The van der Waals surface area contributed by atoms with Crippen molar-refractivity contribution in [3.63, 3.8) is 0 Å². The summed E-state index contributed by atoms with van der Waals surface area (Å²) in [4.78, 5) is 8.74. The van der Waals surface area contributed by atoms with Gasteiger partial charge in [0.2, 0.25) is 5.95 Å². The monoisotopic (exact) mass is 393 g/mol. The highest BCUT2D eigenvalue weighted by Crippen LogP contribution is 2.27. The molecule has 0 fully saturated rings. The van der Waals surface area contributed by atoms with E-state index < -0.39 is 5.92 Å². The molecule has 0 atom stereocenters. The van der Waals surface area contributed by atoms with Crippen LogP contribution in [0.2, 0.25) is 0 Å². The van der Waals surface area contributed by atoms with Gasteiger partial charge in [0.15, 0.2) is 0 Å². The highest BCUT2D eigenvalue weighted by molar-refractivity contribution is 5.66. The first-order chi connectivity index (χ1) is 14.5. The van der Waals surface area contributed by atoms with Crippen LogP contribution in [0.25, 0.3) is 0 Å². The van der Waals surface area contributed by atoms with Crippen LogP contribution in [0, 0.1) is 53.8 Å². The number of rotatable bonds is 6. The molecule has 0 aliphatic rings. The Morgan fingerprint density at radius 2 is 1.60 bits per heavy atom. The van der Waals surface area contributed by atoms with E-state index in [2.05, 4.69) is 26.7 Å². The molecule has 1 heterocycles. The number of nitrogens with one attached hydrogen (secondary N) is 2. The molecular formula is C23H19N7. The highest BCUT2D eigenvalue weighted by Gasteiger charge is 2.11. The van der Waals surface area contributed by atoms with Gasteiger partial charge in [-0.3, -0.25) is 0 Å². The zero-order valence-electron chi connectivity index (χ0n) is 16.6. The predicted octanol–water partition coefficient (Wildman–Crippen LogP) is 4.66. The van der Waals surface area contributed by atoms with Crippen molar-refractivity contribution in [2.24, 2.45) is 5.92 Å². The second-order valence-electron chi connectivity index (χ2n) is 6.82. The number of anilines is 4. The van der Waals surface area contributed by atoms with Crippen molar-refractivity contribution in [1.29, 1.82) is 15.8 Å². The summed E-state index contributed by atoms with van der Waals surface area (Å²) in [7, 11) is 0. The Balaban J connectivity index is 1.78. The van der Waals surface area contributed by atoms with Crippen LogP contribution in [0.5, 0.6) is 0 Å². The number of aromatic nitrogens is 2. The smallest absolute Gasteiger partial charge is 0.229 e. The Morgan fingerprint density at radius 1 is 0.933 bits per heavy atom. The fraction of sp³-hybridized carbons (Fsp3) is 0.174. The standard InChI is InChI=1S/C23H19N7/c1-15-9-18(11-19(13-25)14-26)10-16(2)22(15)29-21-7-8-27-23(30-21)28-20-5-3-17(12-24)4-6-20/h3-10,19H,11H2,1-2H3,(H2,27,28,29,30). The molecule has 0 unspecified atom stereocenters. The van der Waals surface area contributed by atoms with E-state index in [4.69, 9.17) is 15.8 Å². The number of aryl methyl sites for hydroxylation is 2. The Labute approximate surface area is 175 Å². The summed E-state index contributed by atoms with van der Waals surface area (Å²) in [5.41, 5.74) is 5.25. The van der Waals surface area contributed by atoms with E-state index in [0.29, 0.717) is 23.8 Å². The first kappa shape index (κ1) is 20.3. The summed E-state index contributed by atoms with van der Waals surface area (Å²) in [6.07, 6.45) is 2.06. The minimum Gasteiger partial charge on any atom is -0.340 e. The molecule has 0 saturated carbocycles. The van der Waals surface area contributed by atoms with Gasteiger partial charge in [0.25, 0.3) is 0 Å². The number of nitriles is 3. The maximum absolute atomic E-state index is 9.01. The van der Waals surface area contributed by atoms with Crippen molar-refractivity contribution in [3.05, 3.63) is 70.9 Å². The van der Waals surface area contributed by atoms with E-state index >= 15 is 0 Å². The number of nitrogens with zero attached hydrogens (tertiary/aromatic N) is 5. The van der Waals surface area contributed by atoms with Gasteiger partial charge in [0.05, 0.1) is 23.8 Å². The maximum Gasteiger partial charge on any atom is 0.229 e. The number of hydrogen-bond acceptors (Lipinski definition) is 7. The van der Waals surface area contributed by atoms with E-state index in [0.717, 1.165) is 28.1 Å². The van der Waals surface area contributed by atoms with E-state index in [-0.39, 0.29) is 0 Å². The van der Waals surface area contributed by atoms with Gasteiger partial charge in [-0.25, -0.2) is 4.98 Å². The van der Waals surface area contributed by atoms with Gasteiger partial charge >= 0.3 is 0 Å². The lowest BCUT2D eigenvalue weighted by molar-refractivity contribution is 0.832. The van der Waals surface area contributed by atoms with Crippen LogP contribution in [0.3, 0.4) is 0 Å². The van der Waals surface area contributed by atoms with Gasteiger partial charge in [0, 0.05) is 24.0 Å². The Kier molecular flexibility index (Phi) is 6.23. The van der Waals surface area contributed by atoms with Crippen molar-refractivity contribution < 1.29 is 0 Å². The zero-order chi connectivity index (χ0) is 21.5. The third-order valence-corrected chi connectivity index (χ3v) is 4.52. The first-order valence-electron chi connectivity index (χ1n) is 9.29. The van der Waals surface area contributed by atoms with Crippen LogP contribution in [0.4, 0.5) is 23.1 Å². The van der Waals surface area contributed by atoms with E-state index in [9.17, 15) is 0 Å². The predicted molar refractivity (Wildman–Crippen MR) is 114 cm³/mol. The zero-order valence-corrected chi connectivity index (χ0v) is 16.6. The van der Waals surface area contributed by atoms with E-state index in [1.165, 1.54) is 0 Å². The molecule has 146 valence electrons. The van der Waals surface area contributed by atoms with Crippen molar-refractivity contribution >= 4 is 23.1 Å². The summed E-state index contributed by atoms with van der Waals surface area (Å²) in [6.45, 7) is 3.95. The van der Waals surface area contributed by atoms with Crippen LogP contribution in [-0.2, 0) is 6.42 Å². The average Bonchev–Trinajstić information content (AvgIpc) is 2.75. The largest absolute Gasteiger partial charge is 0.340 e. The normalized spacial score (nSPS) is 10.0. The van der Waals surface area contributed by atoms with E-state index in [1.807, 2.05) is 38.1 Å². The van der Waals surface area contributed by atoms with Crippen LogP contribution in [0.15, 0.2) is 48.7 Å². The summed E-state index contributed by atoms with van der Waals surface area (Å²) >= 11 is 0. The van der Waals surface area contributed by atoms with E-state index in [1.54, 1.807) is 36.5 Å². The fourth-order valence-corrected chi connectivity index (χ4v) is 3.10. The first-order valence-corrected chi connectivity index (χ1v) is 9.29. The van der Waals surface area contributed by atoms with Crippen molar-refractivity contribution in [2.45, 2.75) is 20.3 Å². The minimum atomic E-state index is -0.652. The lowest BCUT2D eigenvalue weighted by Gasteiger charge is -2.15. The minimum absolute atomic E-state index is 0.404. The summed E-state index contributed by atoms with van der Waals surface area (Å²) in [6, 6.07) is 18.9. The lowest BCUT2D eigenvalue weighted by atomic mass is 9.97. The van der Waals surface area contributed by atoms with Gasteiger partial charge < -0.3 is 10.6 Å². The van der Waals surface area contributed by atoms with Gasteiger partial charge in [-0.1, -0.05) is 12.1 Å². The molecule has 3 rings (SSSR count). The van der Waals surface area contributed by atoms with Gasteiger partial charge in [-0.2, -0.15) is 20.8 Å². The molecule has 0 amide bonds. The second-order valence-corrected chi connectivity index (χ2v) is 6.82. The fourth-order valence-electron chi connectivity index (χ4n) is 3.10. The quantitative estimate of drug-likeness (QED) is 0.624. The molecule has 2 N–H and O–H groups in total. The number of hydrogen-bond donors (Lipinski definition) is 2. The maximum atomic E-state index is 9.01. The van der Waals surface area contributed by atoms with Crippen LogP contribution >= 0.6 is 0 Å². The topological polar surface area (TPSA) is 121 Å². The Hall–Kier alpha value is -4.41. The molecular weight excluding hydrogens is 374 g/mol. The molecule has 0 radical (unpaired) electrons. The molecule has 7 nitrogen and oxygen atoms in total. The third kappa shape index (κ3) is 4.90. The molecule has 3 aromatic rings. The molecule has 7 heteroatoms. The highest BCUT2D eigenvalue weighted by atomic mass is 15.1. The van der Waals surface area contributed by atoms with Crippen molar-refractivity contribution in [3.8, 4) is 18.2 Å². The number of benzene rings is 2. The van der Waals surface area contributed by atoms with Gasteiger partial charge in [-0.05, 0) is 60.9 Å². The molecule has 30 heavy (non-hydrogen) atoms. The molecule has 0 spiro atoms. The summed E-state index contributed by atoms with van der Waals surface area (Å²) in [5, 5.41) is 33.4. The lowest BCUT2D eigenvalue weighted by Crippen LogP contribution is -2.04. The molecule has 0 saturated heterocycles. The van der Waals surface area contributed by atoms with Crippen molar-refractivity contribution in [1.82, 2.24) is 9.97 Å². The van der Waals surface area contributed by atoms with Gasteiger partial charge in [-0.15, -0.1) is 0 Å². The van der Waals surface area contributed by atoms with Crippen molar-refractivity contribution in [2.75, 3.05) is 10.6 Å². The van der Waals surface area contributed by atoms with Gasteiger partial charge in [0.1, 0.15) is 11.7 Å². The SMILES string of the molecule is Cc1cc(CC(C#N)C#N)cc(C)c1Nc1ccnc(Nc2ccc(C#N)cc2)n1. The van der Waals surface area contributed by atoms with Crippen LogP contribution in [0.1, 0.15) is 22.3 Å². The molecule has 2 aromatic carbocycles. The van der Waals surface area contributed by atoms with Crippen LogP contribution < -0.4 is 10.6 Å². The average molecular weight is 393 g/mol. The third-order valence-electron chi connectivity index (χ3n) is 4.52. The second kappa shape index (κ2) is 9.19. The molecule has 0 aliphatic carbocycles. The Bertz CT molecular complexity index is 1140. The summed E-state index contributed by atoms with van der Waals surface area (Å²) < 4.78 is 0. The Morgan fingerprint density at radius 3 is 2.20 bits per heavy atom. The summed E-state index contributed by atoms with van der Waals surface area (Å²) in [5.74, 6) is 0.412. The van der Waals surface area contributed by atoms with Crippen LogP contribution in [-0.4, -0.2) is 9.97 Å². The molecule has 1 aromatic heterocycles. The molecule has 0 aliphatic heterocycles.